The van der Waals surface area contributed by atoms with E-state index < -0.39 is 10.7 Å². The molecule has 1 heterocycles. The van der Waals surface area contributed by atoms with Crippen LogP contribution >= 0.6 is 11.6 Å². The fourth-order valence-corrected chi connectivity index (χ4v) is 1.62. The summed E-state index contributed by atoms with van der Waals surface area (Å²) in [5.41, 5.74) is 0.498. The maximum Gasteiger partial charge on any atom is 0.269 e. The summed E-state index contributed by atoms with van der Waals surface area (Å²) in [5, 5.41) is 10.5. The van der Waals surface area contributed by atoms with Gasteiger partial charge >= 0.3 is 0 Å². The van der Waals surface area contributed by atoms with Crippen LogP contribution in [0.3, 0.4) is 0 Å². The van der Waals surface area contributed by atoms with Crippen molar-refractivity contribution in [2.75, 3.05) is 11.9 Å². The van der Waals surface area contributed by atoms with Crippen molar-refractivity contribution < 1.29 is 9.31 Å². The summed E-state index contributed by atoms with van der Waals surface area (Å²) in [6, 6.07) is 5.64. The van der Waals surface area contributed by atoms with E-state index in [4.69, 9.17) is 11.6 Å². The molecular formula is C13H14ClFN4O2. The second-order valence-electron chi connectivity index (χ2n) is 3.64. The zero-order valence-corrected chi connectivity index (χ0v) is 12.5. The molecule has 0 unspecified atom stereocenters. The van der Waals surface area contributed by atoms with Gasteiger partial charge in [-0.15, -0.1) is 0 Å². The highest BCUT2D eigenvalue weighted by molar-refractivity contribution is 6.28. The predicted molar refractivity (Wildman–Crippen MR) is 79.5 cm³/mol. The highest BCUT2D eigenvalue weighted by atomic mass is 35.5. The zero-order valence-electron chi connectivity index (χ0n) is 11.7. The number of rotatable bonds is 3. The van der Waals surface area contributed by atoms with Crippen LogP contribution in [-0.4, -0.2) is 21.9 Å². The summed E-state index contributed by atoms with van der Waals surface area (Å²) < 4.78 is 13.6. The molecule has 0 aliphatic heterocycles. The van der Waals surface area contributed by atoms with E-state index in [1.54, 1.807) is 7.05 Å². The molecule has 2 rings (SSSR count). The molecule has 21 heavy (non-hydrogen) atoms. The van der Waals surface area contributed by atoms with Crippen molar-refractivity contribution in [3.63, 3.8) is 0 Å². The molecule has 0 amide bonds. The molecule has 0 saturated heterocycles. The highest BCUT2D eigenvalue weighted by Crippen LogP contribution is 2.26. The second-order valence-corrected chi connectivity index (χ2v) is 3.98. The number of non-ortho nitro benzene ring substituents is 1. The Morgan fingerprint density at radius 1 is 1.29 bits per heavy atom. The van der Waals surface area contributed by atoms with Gasteiger partial charge in [-0.1, -0.05) is 13.8 Å². The number of nitrogens with zero attached hydrogens (tertiary/aromatic N) is 4. The van der Waals surface area contributed by atoms with E-state index in [9.17, 15) is 14.5 Å². The molecule has 0 atom stereocenters. The van der Waals surface area contributed by atoms with Crippen molar-refractivity contribution in [1.29, 1.82) is 0 Å². The number of anilines is 2. The fraction of sp³-hybridized carbons (Fsp3) is 0.231. The van der Waals surface area contributed by atoms with Crippen molar-refractivity contribution in [3.05, 3.63) is 51.7 Å². The first kappa shape index (κ1) is 16.8. The van der Waals surface area contributed by atoms with Crippen molar-refractivity contribution >= 4 is 28.8 Å². The SMILES string of the molecule is CC.CN(c1ccc([N+](=O)[O-])cc1)c1nc(Cl)ncc1F. The van der Waals surface area contributed by atoms with Gasteiger partial charge in [-0.3, -0.25) is 10.1 Å². The van der Waals surface area contributed by atoms with E-state index in [0.29, 0.717) is 5.69 Å². The average Bonchev–Trinajstić information content (AvgIpc) is 2.51. The third-order valence-corrected chi connectivity index (χ3v) is 2.64. The Hall–Kier alpha value is -2.28. The summed E-state index contributed by atoms with van der Waals surface area (Å²) in [7, 11) is 1.57. The van der Waals surface area contributed by atoms with Crippen LogP contribution in [0.2, 0.25) is 5.28 Å². The molecule has 1 aromatic heterocycles. The van der Waals surface area contributed by atoms with Gasteiger partial charge in [0.2, 0.25) is 5.28 Å². The van der Waals surface area contributed by atoms with E-state index in [-0.39, 0.29) is 16.8 Å². The van der Waals surface area contributed by atoms with E-state index in [0.717, 1.165) is 6.20 Å². The molecule has 0 fully saturated rings. The number of nitro groups is 1. The lowest BCUT2D eigenvalue weighted by atomic mass is 10.2. The summed E-state index contributed by atoms with van der Waals surface area (Å²) in [6.07, 6.45) is 0.965. The minimum atomic E-state index is -0.634. The number of aromatic nitrogens is 2. The monoisotopic (exact) mass is 312 g/mol. The number of hydrogen-bond donors (Lipinski definition) is 0. The van der Waals surface area contributed by atoms with Gasteiger partial charge in [0.1, 0.15) is 0 Å². The molecule has 0 bridgehead atoms. The van der Waals surface area contributed by atoms with E-state index in [1.807, 2.05) is 13.8 Å². The maximum absolute atomic E-state index is 13.6. The molecule has 0 N–H and O–H groups in total. The summed E-state index contributed by atoms with van der Waals surface area (Å²) >= 11 is 5.61. The molecule has 112 valence electrons. The normalized spacial score (nSPS) is 9.57. The highest BCUT2D eigenvalue weighted by Gasteiger charge is 2.14. The van der Waals surface area contributed by atoms with Gasteiger partial charge < -0.3 is 4.90 Å². The molecule has 0 saturated carbocycles. The molecule has 6 nitrogen and oxygen atoms in total. The Morgan fingerprint density at radius 2 is 1.86 bits per heavy atom. The maximum atomic E-state index is 13.6. The van der Waals surface area contributed by atoms with Gasteiger partial charge in [0.05, 0.1) is 11.1 Å². The molecule has 8 heteroatoms. The third-order valence-electron chi connectivity index (χ3n) is 2.46. The summed E-state index contributed by atoms with van der Waals surface area (Å²) in [5.74, 6) is -0.640. The van der Waals surface area contributed by atoms with Gasteiger partial charge in [-0.25, -0.2) is 9.37 Å². The van der Waals surface area contributed by atoms with Crippen molar-refractivity contribution in [3.8, 4) is 0 Å². The number of nitro benzene ring substituents is 1. The fourth-order valence-electron chi connectivity index (χ4n) is 1.49. The first-order valence-corrected chi connectivity index (χ1v) is 6.53. The molecule has 2 aromatic rings. The smallest absolute Gasteiger partial charge is 0.269 e. The number of halogens is 2. The Morgan fingerprint density at radius 3 is 2.38 bits per heavy atom. The van der Waals surface area contributed by atoms with Crippen LogP contribution in [0.4, 0.5) is 21.6 Å². The Bertz CT molecular complexity index is 622. The largest absolute Gasteiger partial charge is 0.327 e. The first-order valence-electron chi connectivity index (χ1n) is 6.15. The topological polar surface area (TPSA) is 72.2 Å². The minimum absolute atomic E-state index is 0.00569. The Kier molecular flexibility index (Phi) is 5.98. The quantitative estimate of drug-likeness (QED) is 0.487. The van der Waals surface area contributed by atoms with Crippen LogP contribution in [0.5, 0.6) is 0 Å². The van der Waals surface area contributed by atoms with Crippen LogP contribution in [0, 0.1) is 15.9 Å². The van der Waals surface area contributed by atoms with Crippen molar-refractivity contribution in [2.45, 2.75) is 13.8 Å². The number of hydrogen-bond acceptors (Lipinski definition) is 5. The predicted octanol–water partition coefficient (Wildman–Crippen LogP) is 3.97. The second kappa shape index (κ2) is 7.49. The lowest BCUT2D eigenvalue weighted by molar-refractivity contribution is -0.384. The standard InChI is InChI=1S/C11H8ClFN4O2.C2H6/c1-16(10-9(13)6-14-11(12)15-10)7-2-4-8(5-3-7)17(18)19;1-2/h2-6H,1H3;1-2H3. The van der Waals surface area contributed by atoms with E-state index in [2.05, 4.69) is 9.97 Å². The molecule has 0 aliphatic rings. The zero-order chi connectivity index (χ0) is 16.0. The van der Waals surface area contributed by atoms with Gasteiger partial charge in [-0.2, -0.15) is 4.98 Å². The molecular weight excluding hydrogens is 299 g/mol. The Labute approximate surface area is 126 Å². The van der Waals surface area contributed by atoms with Gasteiger partial charge in [0.25, 0.3) is 5.69 Å². The Balaban J connectivity index is 0.00000106. The average molecular weight is 313 g/mol. The third kappa shape index (κ3) is 4.09. The van der Waals surface area contributed by atoms with Crippen molar-refractivity contribution in [2.24, 2.45) is 0 Å². The van der Waals surface area contributed by atoms with Gasteiger partial charge in [0.15, 0.2) is 11.6 Å². The van der Waals surface area contributed by atoms with E-state index >= 15 is 0 Å². The molecule has 0 radical (unpaired) electrons. The lowest BCUT2D eigenvalue weighted by Crippen LogP contribution is -2.13. The van der Waals surface area contributed by atoms with Gasteiger partial charge in [0, 0.05) is 24.9 Å². The first-order chi connectivity index (χ1) is 9.99. The molecule has 0 aliphatic carbocycles. The van der Waals surface area contributed by atoms with Gasteiger partial charge in [-0.05, 0) is 23.7 Å². The molecule has 0 spiro atoms. The summed E-state index contributed by atoms with van der Waals surface area (Å²) in [6.45, 7) is 4.00. The minimum Gasteiger partial charge on any atom is -0.327 e. The summed E-state index contributed by atoms with van der Waals surface area (Å²) in [4.78, 5) is 18.8. The molecule has 1 aromatic carbocycles. The van der Waals surface area contributed by atoms with Crippen molar-refractivity contribution in [1.82, 2.24) is 9.97 Å². The number of benzene rings is 1. The van der Waals surface area contributed by atoms with Crippen LogP contribution < -0.4 is 4.90 Å². The van der Waals surface area contributed by atoms with Crippen LogP contribution in [0.15, 0.2) is 30.5 Å². The van der Waals surface area contributed by atoms with E-state index in [1.165, 1.54) is 29.2 Å². The lowest BCUT2D eigenvalue weighted by Gasteiger charge is -2.18. The van der Waals surface area contributed by atoms with Crippen LogP contribution in [0.25, 0.3) is 0 Å². The van der Waals surface area contributed by atoms with Crippen LogP contribution in [-0.2, 0) is 0 Å². The van der Waals surface area contributed by atoms with Crippen LogP contribution in [0.1, 0.15) is 13.8 Å².